The zero-order chi connectivity index (χ0) is 32.0. The monoisotopic (exact) mass is 622 g/mol. The van der Waals surface area contributed by atoms with Gasteiger partial charge in [-0.05, 0) is 103 Å². The van der Waals surface area contributed by atoms with E-state index >= 15 is 0 Å². The normalized spacial score (nSPS) is 48.2. The lowest BCUT2D eigenvalue weighted by Crippen LogP contribution is -2.69. The van der Waals surface area contributed by atoms with Crippen molar-refractivity contribution >= 4 is 12.2 Å². The molecule has 3 heterocycles. The topological polar surface area (TPSA) is 117 Å². The van der Waals surface area contributed by atoms with Gasteiger partial charge in [-0.3, -0.25) is 0 Å². The Hall–Kier alpha value is -1.84. The van der Waals surface area contributed by atoms with E-state index in [1.807, 2.05) is 0 Å². The number of fused-ring (bicyclic) bond motifs is 3. The number of hydrogen-bond acceptors (Lipinski definition) is 8. The van der Waals surface area contributed by atoms with Crippen molar-refractivity contribution in [3.63, 3.8) is 0 Å². The number of allylic oxidation sites excluding steroid dienone is 1. The highest BCUT2D eigenvalue weighted by Crippen LogP contribution is 2.75. The second-order valence-electron chi connectivity index (χ2n) is 17.5. The van der Waals surface area contributed by atoms with Crippen LogP contribution in [-0.4, -0.2) is 65.0 Å². The number of nitrogens with one attached hydrogen (secondary N) is 1. The SMILES string of the molecule is CC(C)[C@@H](C)[C@@]1(C)CC[C@]2(C)[C@H]3CC[C@@H]4C5(COC[C@]4(C)[C@@H](OCC4CCCN4)[C@H](n4nnc(N)n4)C5)C3=CC[C@@]2(C)[C@@H]1C=O. The summed E-state index contributed by atoms with van der Waals surface area (Å²) in [5, 5.41) is 16.8. The highest BCUT2D eigenvalue weighted by atomic mass is 16.5. The summed E-state index contributed by atoms with van der Waals surface area (Å²) in [4.78, 5) is 15.0. The van der Waals surface area contributed by atoms with Crippen LogP contribution < -0.4 is 11.1 Å². The van der Waals surface area contributed by atoms with Gasteiger partial charge in [-0.25, -0.2) is 0 Å². The summed E-state index contributed by atoms with van der Waals surface area (Å²) in [6.07, 6.45) is 12.6. The molecule has 2 bridgehead atoms. The highest BCUT2D eigenvalue weighted by molar-refractivity contribution is 5.59. The first-order valence-electron chi connectivity index (χ1n) is 18.0. The molecule has 0 aromatic carbocycles. The Kier molecular flexibility index (Phi) is 7.65. The Bertz CT molecular complexity index is 1330. The number of hydrogen-bond donors (Lipinski definition) is 2. The smallest absolute Gasteiger partial charge is 0.260 e. The molecule has 6 aliphatic rings. The number of rotatable bonds is 7. The highest BCUT2D eigenvalue weighted by Gasteiger charge is 2.71. The van der Waals surface area contributed by atoms with E-state index in [-0.39, 0.29) is 51.1 Å². The van der Waals surface area contributed by atoms with Crippen molar-refractivity contribution in [2.75, 3.05) is 32.1 Å². The molecule has 1 aromatic heterocycles. The summed E-state index contributed by atoms with van der Waals surface area (Å²) in [5.41, 5.74) is 7.29. The zero-order valence-corrected chi connectivity index (χ0v) is 28.8. The van der Waals surface area contributed by atoms with Crippen LogP contribution in [0.5, 0.6) is 0 Å². The largest absolute Gasteiger partial charge is 0.380 e. The van der Waals surface area contributed by atoms with Crippen LogP contribution in [-0.2, 0) is 14.3 Å². The third kappa shape index (κ3) is 4.34. The first-order valence-corrected chi connectivity index (χ1v) is 18.0. The Morgan fingerprint density at radius 1 is 1.13 bits per heavy atom. The Balaban J connectivity index is 1.29. The fraction of sp³-hybridized carbons (Fsp3) is 0.889. The van der Waals surface area contributed by atoms with Gasteiger partial charge in [0.25, 0.3) is 5.95 Å². The third-order valence-corrected chi connectivity index (χ3v) is 15.5. The van der Waals surface area contributed by atoms with Gasteiger partial charge in [0.15, 0.2) is 0 Å². The minimum absolute atomic E-state index is 0.00485. The third-order valence-electron chi connectivity index (χ3n) is 15.5. The van der Waals surface area contributed by atoms with E-state index in [0.717, 1.165) is 58.1 Å². The molecule has 9 nitrogen and oxygen atoms in total. The number of anilines is 1. The van der Waals surface area contributed by atoms with Gasteiger partial charge in [0.2, 0.25) is 0 Å². The fourth-order valence-corrected chi connectivity index (χ4v) is 12.4. The van der Waals surface area contributed by atoms with Crippen LogP contribution in [0.3, 0.4) is 0 Å². The Morgan fingerprint density at radius 3 is 2.60 bits per heavy atom. The number of nitrogens with zero attached hydrogens (tertiary/aromatic N) is 4. The predicted molar refractivity (Wildman–Crippen MR) is 174 cm³/mol. The minimum atomic E-state index is -0.196. The first kappa shape index (κ1) is 31.7. The van der Waals surface area contributed by atoms with Crippen molar-refractivity contribution in [3.05, 3.63) is 11.6 Å². The molecule has 4 aliphatic carbocycles. The lowest BCUT2D eigenvalue weighted by atomic mass is 9.34. The molecule has 1 aromatic rings. The van der Waals surface area contributed by atoms with Crippen molar-refractivity contribution in [1.82, 2.24) is 25.5 Å². The summed E-state index contributed by atoms with van der Waals surface area (Å²) in [5.74, 6) is 2.15. The van der Waals surface area contributed by atoms with Crippen LogP contribution in [0.15, 0.2) is 11.6 Å². The molecule has 0 spiro atoms. The molecule has 2 aliphatic heterocycles. The first-order chi connectivity index (χ1) is 21.3. The molecule has 0 radical (unpaired) electrons. The molecular formula is C36H58N6O3. The maximum absolute atomic E-state index is 13.2. The van der Waals surface area contributed by atoms with Gasteiger partial charge in [0.1, 0.15) is 12.3 Å². The van der Waals surface area contributed by atoms with E-state index in [9.17, 15) is 4.79 Å². The van der Waals surface area contributed by atoms with Crippen LogP contribution >= 0.6 is 0 Å². The predicted octanol–water partition coefficient (Wildman–Crippen LogP) is 5.64. The number of carbonyl (C=O) groups excluding carboxylic acids is 1. The second-order valence-corrected chi connectivity index (χ2v) is 17.5. The number of ether oxygens (including phenoxy) is 2. The maximum Gasteiger partial charge on any atom is 0.260 e. The quantitative estimate of drug-likeness (QED) is 0.297. The van der Waals surface area contributed by atoms with E-state index in [1.165, 1.54) is 12.7 Å². The van der Waals surface area contributed by atoms with Gasteiger partial charge >= 0.3 is 0 Å². The average Bonchev–Trinajstić information content (AvgIpc) is 3.68. The van der Waals surface area contributed by atoms with Gasteiger partial charge in [-0.15, -0.1) is 5.10 Å². The number of aldehydes is 1. The Labute approximate surface area is 270 Å². The van der Waals surface area contributed by atoms with Crippen molar-refractivity contribution in [2.24, 2.45) is 56.7 Å². The lowest BCUT2D eigenvalue weighted by Gasteiger charge is -2.71. The van der Waals surface area contributed by atoms with Crippen molar-refractivity contribution in [3.8, 4) is 0 Å². The maximum atomic E-state index is 13.2. The molecule has 3 N–H and O–H groups in total. The van der Waals surface area contributed by atoms with E-state index in [4.69, 9.17) is 15.2 Å². The van der Waals surface area contributed by atoms with Crippen LogP contribution in [0.1, 0.15) is 106 Å². The second kappa shape index (κ2) is 10.8. The molecular weight excluding hydrogens is 564 g/mol. The lowest BCUT2D eigenvalue weighted by molar-refractivity contribution is -0.251. The van der Waals surface area contributed by atoms with Crippen LogP contribution in [0.4, 0.5) is 5.95 Å². The molecule has 9 heteroatoms. The van der Waals surface area contributed by atoms with Crippen LogP contribution in [0.2, 0.25) is 0 Å². The van der Waals surface area contributed by atoms with Crippen LogP contribution in [0, 0.1) is 56.7 Å². The number of tetrazole rings is 1. The molecule has 7 rings (SSSR count). The van der Waals surface area contributed by atoms with Gasteiger partial charge in [0.05, 0.1) is 25.9 Å². The summed E-state index contributed by atoms with van der Waals surface area (Å²) >= 11 is 0. The molecule has 12 atom stereocenters. The number of aromatic nitrogens is 4. The average molecular weight is 623 g/mol. The van der Waals surface area contributed by atoms with Crippen molar-refractivity contribution < 1.29 is 14.3 Å². The molecule has 45 heavy (non-hydrogen) atoms. The van der Waals surface area contributed by atoms with Gasteiger partial charge in [-0.1, -0.05) is 65.2 Å². The number of nitrogen functional groups attached to an aromatic ring is 1. The summed E-state index contributed by atoms with van der Waals surface area (Å²) < 4.78 is 13.6. The van der Waals surface area contributed by atoms with Crippen LogP contribution in [0.25, 0.3) is 0 Å². The van der Waals surface area contributed by atoms with Gasteiger partial charge in [0, 0.05) is 22.8 Å². The summed E-state index contributed by atoms with van der Waals surface area (Å²) in [7, 11) is 0. The molecule has 5 fully saturated rings. The summed E-state index contributed by atoms with van der Waals surface area (Å²) in [6.45, 7) is 20.0. The molecule has 3 saturated carbocycles. The van der Waals surface area contributed by atoms with Gasteiger partial charge in [-0.2, -0.15) is 4.80 Å². The van der Waals surface area contributed by atoms with E-state index < -0.39 is 0 Å². The fourth-order valence-electron chi connectivity index (χ4n) is 12.4. The van der Waals surface area contributed by atoms with E-state index in [2.05, 4.69) is 75.3 Å². The van der Waals surface area contributed by atoms with Crippen molar-refractivity contribution in [1.29, 1.82) is 0 Å². The number of carbonyl (C=O) groups is 1. The Morgan fingerprint density at radius 2 is 1.93 bits per heavy atom. The zero-order valence-electron chi connectivity index (χ0n) is 28.8. The molecule has 250 valence electrons. The molecule has 2 unspecified atom stereocenters. The van der Waals surface area contributed by atoms with Gasteiger partial charge < -0.3 is 25.3 Å². The van der Waals surface area contributed by atoms with Crippen molar-refractivity contribution in [2.45, 2.75) is 118 Å². The summed E-state index contributed by atoms with van der Waals surface area (Å²) in [6, 6.07) is 0.307. The van der Waals surface area contributed by atoms with E-state index in [1.54, 1.807) is 10.4 Å². The van der Waals surface area contributed by atoms with E-state index in [0.29, 0.717) is 42.9 Å². The minimum Gasteiger partial charge on any atom is -0.380 e. The molecule has 0 amide bonds. The number of nitrogens with two attached hydrogens (primary N) is 1. The standard InChI is InChI=1S/C36H58N6O3/c1-22(2)23(3)32(4)14-15-34(6)25-10-11-28-33(5)20-44-21-36(28,26(25)12-13-35(34,7)29(32)18-43)17-27(42-40-31(37)39-41-42)30(33)45-19-24-9-8-16-38-24/h12,18,22-25,27-30,38H,8-11,13-17,19-21H2,1-7H3,(H2,37,40)/t23-,24?,25+,27-,28+,29-,30+,32-,33+,34-,35+,36?/m1/s1. The molecule has 2 saturated heterocycles.